The van der Waals surface area contributed by atoms with Crippen molar-refractivity contribution in [2.75, 3.05) is 36.6 Å². The summed E-state index contributed by atoms with van der Waals surface area (Å²) < 4.78 is 11.9. The molecule has 1 amide bonds. The Morgan fingerprint density at radius 2 is 2.05 bits per heavy atom. The van der Waals surface area contributed by atoms with Gasteiger partial charge in [-0.1, -0.05) is 56.7 Å². The highest BCUT2D eigenvalue weighted by Crippen LogP contribution is 2.46. The maximum atomic E-state index is 13.1. The fourth-order valence-electron chi connectivity index (χ4n) is 5.10. The van der Waals surface area contributed by atoms with Crippen LogP contribution >= 0.6 is 11.3 Å². The van der Waals surface area contributed by atoms with Crippen molar-refractivity contribution in [2.24, 2.45) is 0 Å². The van der Waals surface area contributed by atoms with E-state index in [1.54, 1.807) is 11.3 Å². The van der Waals surface area contributed by atoms with E-state index < -0.39 is 0 Å². The summed E-state index contributed by atoms with van der Waals surface area (Å²) in [6, 6.07) is 16.1. The van der Waals surface area contributed by atoms with Crippen molar-refractivity contribution in [3.63, 3.8) is 0 Å². The molecule has 3 heterocycles. The zero-order chi connectivity index (χ0) is 26.5. The highest BCUT2D eigenvalue weighted by Gasteiger charge is 2.31. The first-order chi connectivity index (χ1) is 18.6. The number of carbonyl (C=O) groups excluding carboxylic acids is 1. The third-order valence-electron chi connectivity index (χ3n) is 6.99. The quantitative estimate of drug-likeness (QED) is 0.339. The Morgan fingerprint density at radius 1 is 1.24 bits per heavy atom. The molecule has 2 saturated heterocycles. The van der Waals surface area contributed by atoms with E-state index in [9.17, 15) is 4.79 Å². The van der Waals surface area contributed by atoms with Gasteiger partial charge < -0.3 is 19.8 Å². The molecule has 0 bridgehead atoms. The number of para-hydroxylation sites is 2. The Kier molecular flexibility index (Phi) is 8.47. The van der Waals surface area contributed by atoms with Crippen LogP contribution in [0, 0.1) is 0 Å². The number of carbonyl (C=O) groups is 1. The van der Waals surface area contributed by atoms with Gasteiger partial charge >= 0.3 is 0 Å². The SMILES string of the molecule is C=C1Cc2c(OC[C@@H]3CCCO3)cccc2C1c1cc(C(=O)Nc2ccccc2N2CCN2)cs1.CCC. The van der Waals surface area contributed by atoms with Gasteiger partial charge in [0.05, 0.1) is 23.0 Å². The van der Waals surface area contributed by atoms with Crippen molar-refractivity contribution in [3.8, 4) is 5.75 Å². The Labute approximate surface area is 229 Å². The molecule has 2 aliphatic heterocycles. The predicted octanol–water partition coefficient (Wildman–Crippen LogP) is 6.54. The van der Waals surface area contributed by atoms with Gasteiger partial charge in [0, 0.05) is 41.4 Å². The van der Waals surface area contributed by atoms with Crippen molar-refractivity contribution in [1.29, 1.82) is 0 Å². The van der Waals surface area contributed by atoms with E-state index in [0.717, 1.165) is 66.5 Å². The van der Waals surface area contributed by atoms with Crippen LogP contribution in [0.1, 0.15) is 65.4 Å². The van der Waals surface area contributed by atoms with Crippen LogP contribution in [0.3, 0.4) is 0 Å². The summed E-state index contributed by atoms with van der Waals surface area (Å²) in [7, 11) is 0. The molecule has 7 heteroatoms. The molecule has 0 saturated carbocycles. The van der Waals surface area contributed by atoms with Gasteiger partial charge in [0.25, 0.3) is 5.91 Å². The van der Waals surface area contributed by atoms with Gasteiger partial charge in [-0.05, 0) is 49.1 Å². The summed E-state index contributed by atoms with van der Waals surface area (Å²) in [6.45, 7) is 11.9. The Morgan fingerprint density at radius 3 is 2.79 bits per heavy atom. The Balaban J connectivity index is 0.000000937. The van der Waals surface area contributed by atoms with Crippen molar-refractivity contribution >= 4 is 28.6 Å². The molecule has 1 aromatic heterocycles. The Bertz CT molecular complexity index is 1280. The average molecular weight is 532 g/mol. The molecule has 2 fully saturated rings. The molecular formula is C31H37N3O3S. The number of nitrogens with one attached hydrogen (secondary N) is 2. The highest BCUT2D eigenvalue weighted by molar-refractivity contribution is 7.10. The number of benzene rings is 2. The number of nitrogens with zero attached hydrogens (tertiary/aromatic N) is 1. The van der Waals surface area contributed by atoms with Gasteiger partial charge in [0.2, 0.25) is 0 Å². The van der Waals surface area contributed by atoms with Crippen LogP contribution in [0.25, 0.3) is 0 Å². The number of fused-ring (bicyclic) bond motifs is 1. The molecular weight excluding hydrogens is 494 g/mol. The molecule has 38 heavy (non-hydrogen) atoms. The second-order valence-electron chi connectivity index (χ2n) is 10.0. The molecule has 200 valence electrons. The largest absolute Gasteiger partial charge is 0.491 e. The zero-order valence-corrected chi connectivity index (χ0v) is 23.1. The lowest BCUT2D eigenvalue weighted by atomic mass is 9.96. The van der Waals surface area contributed by atoms with Gasteiger partial charge in [-0.15, -0.1) is 11.3 Å². The molecule has 2 aromatic carbocycles. The smallest absolute Gasteiger partial charge is 0.256 e. The topological polar surface area (TPSA) is 62.8 Å². The maximum Gasteiger partial charge on any atom is 0.256 e. The van der Waals surface area contributed by atoms with Crippen LogP contribution in [0.2, 0.25) is 0 Å². The standard InChI is InChI=1S/C28H29N3O3S.C3H8/c1-18-14-22-21(7-4-10-25(22)34-16-20-6-5-13-33-20)27(18)26-15-19(17-35-26)28(32)30-23-8-2-3-9-24(23)31-12-11-29-31;1-3-2/h2-4,7-10,15,17,20,27,29H,1,5-6,11-14,16H2,(H,30,32);3H2,1-2H3/t20-,27?;/m0./s1. The lowest BCUT2D eigenvalue weighted by Crippen LogP contribution is -2.54. The van der Waals surface area contributed by atoms with Crippen LogP contribution in [-0.2, 0) is 11.2 Å². The first-order valence-electron chi connectivity index (χ1n) is 13.6. The van der Waals surface area contributed by atoms with Crippen LogP contribution in [0.4, 0.5) is 11.4 Å². The third-order valence-corrected chi connectivity index (χ3v) is 7.99. The summed E-state index contributed by atoms with van der Waals surface area (Å²) in [5.41, 5.74) is 9.28. The first-order valence-corrected chi connectivity index (χ1v) is 14.5. The van der Waals surface area contributed by atoms with Crippen molar-refractivity contribution in [2.45, 2.75) is 51.6 Å². The van der Waals surface area contributed by atoms with E-state index in [-0.39, 0.29) is 17.9 Å². The lowest BCUT2D eigenvalue weighted by molar-refractivity contribution is 0.0677. The number of allylic oxidation sites excluding steroid dienone is 1. The normalized spacial score (nSPS) is 19.8. The summed E-state index contributed by atoms with van der Waals surface area (Å²) in [6.07, 6.45) is 4.39. The number of anilines is 2. The second-order valence-corrected chi connectivity index (χ2v) is 11.0. The molecule has 0 radical (unpaired) electrons. The molecule has 0 spiro atoms. The van der Waals surface area contributed by atoms with Gasteiger partial charge in [0.15, 0.2) is 0 Å². The minimum atomic E-state index is -0.0991. The molecule has 3 aromatic rings. The van der Waals surface area contributed by atoms with E-state index >= 15 is 0 Å². The number of thiophene rings is 1. The highest BCUT2D eigenvalue weighted by atomic mass is 32.1. The van der Waals surface area contributed by atoms with Crippen molar-refractivity contribution in [3.05, 3.63) is 87.6 Å². The summed E-state index contributed by atoms with van der Waals surface area (Å²) in [4.78, 5) is 14.3. The number of hydrogen-bond donors (Lipinski definition) is 2. The van der Waals surface area contributed by atoms with Gasteiger partial charge in [0.1, 0.15) is 12.4 Å². The predicted molar refractivity (Wildman–Crippen MR) is 156 cm³/mol. The maximum absolute atomic E-state index is 13.1. The second kappa shape index (κ2) is 12.2. The zero-order valence-electron chi connectivity index (χ0n) is 22.3. The third kappa shape index (κ3) is 5.65. The minimum absolute atomic E-state index is 0.0837. The van der Waals surface area contributed by atoms with E-state index in [2.05, 4.69) is 43.3 Å². The Hall–Kier alpha value is -3.13. The van der Waals surface area contributed by atoms with Crippen LogP contribution in [-0.4, -0.2) is 38.3 Å². The van der Waals surface area contributed by atoms with Gasteiger partial charge in [-0.3, -0.25) is 4.79 Å². The van der Waals surface area contributed by atoms with E-state index in [4.69, 9.17) is 9.47 Å². The van der Waals surface area contributed by atoms with E-state index in [1.807, 2.05) is 46.8 Å². The van der Waals surface area contributed by atoms with Crippen molar-refractivity contribution in [1.82, 2.24) is 5.43 Å². The number of hydrazine groups is 1. The monoisotopic (exact) mass is 531 g/mol. The molecule has 1 aliphatic carbocycles. The number of amides is 1. The first kappa shape index (κ1) is 26.5. The van der Waals surface area contributed by atoms with E-state index in [0.29, 0.717) is 12.2 Å². The lowest BCUT2D eigenvalue weighted by Gasteiger charge is -2.35. The molecule has 2 atom stereocenters. The summed E-state index contributed by atoms with van der Waals surface area (Å²) >= 11 is 1.61. The van der Waals surface area contributed by atoms with Crippen LogP contribution in [0.15, 0.2) is 66.1 Å². The van der Waals surface area contributed by atoms with Crippen LogP contribution in [0.5, 0.6) is 5.75 Å². The fourth-order valence-corrected chi connectivity index (χ4v) is 6.16. The van der Waals surface area contributed by atoms with Crippen molar-refractivity contribution < 1.29 is 14.3 Å². The van der Waals surface area contributed by atoms with Gasteiger partial charge in [-0.2, -0.15) is 0 Å². The molecule has 6 nitrogen and oxygen atoms in total. The molecule has 1 unspecified atom stereocenters. The fraction of sp³-hybridized carbons (Fsp3) is 0.387. The molecule has 2 N–H and O–H groups in total. The summed E-state index contributed by atoms with van der Waals surface area (Å²) in [5.74, 6) is 0.908. The summed E-state index contributed by atoms with van der Waals surface area (Å²) in [5, 5.41) is 7.09. The minimum Gasteiger partial charge on any atom is -0.491 e. The molecule has 3 aliphatic rings. The average Bonchev–Trinajstić information content (AvgIpc) is 3.63. The number of hydrogen-bond acceptors (Lipinski definition) is 6. The number of rotatable bonds is 7. The number of ether oxygens (including phenoxy) is 2. The molecule has 6 rings (SSSR count). The van der Waals surface area contributed by atoms with Gasteiger partial charge in [-0.25, -0.2) is 5.43 Å². The van der Waals surface area contributed by atoms with E-state index in [1.165, 1.54) is 17.5 Å². The van der Waals surface area contributed by atoms with Crippen LogP contribution < -0.4 is 20.5 Å².